The second kappa shape index (κ2) is 10.8. The van der Waals surface area contributed by atoms with Gasteiger partial charge in [-0.25, -0.2) is 0 Å². The highest BCUT2D eigenvalue weighted by molar-refractivity contribution is 8.26. The van der Waals surface area contributed by atoms with Gasteiger partial charge in [0.15, 0.2) is 5.17 Å². The first-order valence-corrected chi connectivity index (χ1v) is 11.3. The Hall–Kier alpha value is -2.38. The van der Waals surface area contributed by atoms with Crippen LogP contribution in [0.3, 0.4) is 0 Å². The van der Waals surface area contributed by atoms with Crippen LogP contribution in [0.25, 0.3) is 11.1 Å². The lowest BCUT2D eigenvalue weighted by atomic mass is 9.90. The van der Waals surface area contributed by atoms with E-state index in [4.69, 9.17) is 21.3 Å². The Balaban J connectivity index is 2.18. The van der Waals surface area contributed by atoms with Gasteiger partial charge in [-0.3, -0.25) is 15.8 Å². The first-order valence-electron chi connectivity index (χ1n) is 10.5. The summed E-state index contributed by atoms with van der Waals surface area (Å²) in [5.74, 6) is 1.10. The van der Waals surface area contributed by atoms with Gasteiger partial charge in [-0.15, -0.1) is 0 Å². The van der Waals surface area contributed by atoms with Gasteiger partial charge in [0.05, 0.1) is 7.11 Å². The molecular formula is C24H35N5OS. The van der Waals surface area contributed by atoms with E-state index in [9.17, 15) is 0 Å². The van der Waals surface area contributed by atoms with Gasteiger partial charge in [0.25, 0.3) is 0 Å². The number of ether oxygens (including phenoxy) is 1. The number of benzene rings is 1. The monoisotopic (exact) mass is 441 g/mol. The molecule has 31 heavy (non-hydrogen) atoms. The molecule has 1 heterocycles. The second-order valence-corrected chi connectivity index (χ2v) is 9.98. The summed E-state index contributed by atoms with van der Waals surface area (Å²) >= 11 is 1.13. The lowest BCUT2D eigenvalue weighted by Gasteiger charge is -2.35. The summed E-state index contributed by atoms with van der Waals surface area (Å²) in [5, 5.41) is 17.8. The maximum Gasteiger partial charge on any atom is 0.162 e. The molecule has 2 rings (SSSR count). The van der Waals surface area contributed by atoms with E-state index in [1.54, 1.807) is 19.5 Å². The molecular weight excluding hydrogens is 406 g/mol. The van der Waals surface area contributed by atoms with Gasteiger partial charge in [-0.1, -0.05) is 26.0 Å². The molecule has 0 radical (unpaired) electrons. The summed E-state index contributed by atoms with van der Waals surface area (Å²) in [5.41, 5.74) is 8.58. The third-order valence-corrected chi connectivity index (χ3v) is 5.92. The topological polar surface area (TPSA) is 99.1 Å². The van der Waals surface area contributed by atoms with Crippen molar-refractivity contribution in [1.82, 2.24) is 9.88 Å². The van der Waals surface area contributed by atoms with Crippen molar-refractivity contribution >= 4 is 22.0 Å². The van der Waals surface area contributed by atoms with Crippen LogP contribution in [0.15, 0.2) is 42.7 Å². The number of thioether (sulfide) groups is 1. The number of amidine groups is 1. The minimum absolute atomic E-state index is 0.141. The van der Waals surface area contributed by atoms with Crippen LogP contribution in [0.1, 0.15) is 46.1 Å². The van der Waals surface area contributed by atoms with Crippen LogP contribution in [0, 0.1) is 16.7 Å². The summed E-state index contributed by atoms with van der Waals surface area (Å²) in [6.45, 7) is 8.39. The van der Waals surface area contributed by atoms with E-state index in [1.807, 2.05) is 56.1 Å². The first-order chi connectivity index (χ1) is 14.5. The fourth-order valence-corrected chi connectivity index (χ4v) is 4.28. The zero-order valence-electron chi connectivity index (χ0n) is 19.4. The lowest BCUT2D eigenvalue weighted by molar-refractivity contribution is 0.255. The van der Waals surface area contributed by atoms with E-state index in [1.165, 1.54) is 0 Å². The van der Waals surface area contributed by atoms with Gasteiger partial charge in [0.2, 0.25) is 0 Å². The van der Waals surface area contributed by atoms with Crippen LogP contribution in [0.2, 0.25) is 0 Å². The second-order valence-electron chi connectivity index (χ2n) is 8.98. The van der Waals surface area contributed by atoms with Crippen LogP contribution in [-0.2, 0) is 0 Å². The Bertz CT molecular complexity index is 893. The first kappa shape index (κ1) is 24.9. The minimum atomic E-state index is -0.322. The minimum Gasteiger partial charge on any atom is -0.496 e. The SMILES string of the molecule is COc1cc(-c2cccnc2)ccc1C(=N)SC(=N)N(C)C(CC(C)C)CC(C)(C)N. The fraction of sp³-hybridized carbons (Fsp3) is 0.458. The Morgan fingerprint density at radius 2 is 1.94 bits per heavy atom. The molecule has 0 aliphatic carbocycles. The van der Waals surface area contributed by atoms with E-state index < -0.39 is 0 Å². The number of methoxy groups -OCH3 is 1. The van der Waals surface area contributed by atoms with E-state index in [0.29, 0.717) is 22.4 Å². The molecule has 1 aromatic heterocycles. The molecule has 0 spiro atoms. The summed E-state index contributed by atoms with van der Waals surface area (Å²) in [6, 6.07) is 9.75. The summed E-state index contributed by atoms with van der Waals surface area (Å²) in [7, 11) is 3.52. The van der Waals surface area contributed by atoms with Gasteiger partial charge in [0, 0.05) is 42.1 Å². The highest BCUT2D eigenvalue weighted by atomic mass is 32.2. The van der Waals surface area contributed by atoms with Crippen molar-refractivity contribution in [3.63, 3.8) is 0 Å². The van der Waals surface area contributed by atoms with Crippen LogP contribution in [0.5, 0.6) is 5.75 Å². The third-order valence-electron chi connectivity index (χ3n) is 5.01. The molecule has 0 bridgehead atoms. The number of hydrogen-bond acceptors (Lipinski definition) is 6. The van der Waals surface area contributed by atoms with Crippen molar-refractivity contribution < 1.29 is 4.74 Å². The molecule has 1 atom stereocenters. The van der Waals surface area contributed by atoms with Crippen LogP contribution >= 0.6 is 11.8 Å². The number of nitrogens with two attached hydrogens (primary N) is 1. The van der Waals surface area contributed by atoms with Crippen molar-refractivity contribution in [1.29, 1.82) is 10.8 Å². The number of pyridine rings is 1. The lowest BCUT2D eigenvalue weighted by Crippen LogP contribution is -2.44. The van der Waals surface area contributed by atoms with Crippen molar-refractivity contribution in [3.8, 4) is 16.9 Å². The maximum absolute atomic E-state index is 8.62. The molecule has 4 N–H and O–H groups in total. The Morgan fingerprint density at radius 1 is 1.23 bits per heavy atom. The fourth-order valence-electron chi connectivity index (χ4n) is 3.51. The molecule has 0 aliphatic heterocycles. The third kappa shape index (κ3) is 7.36. The predicted molar refractivity (Wildman–Crippen MR) is 132 cm³/mol. The number of hydrogen-bond donors (Lipinski definition) is 3. The molecule has 0 saturated carbocycles. The molecule has 1 aromatic carbocycles. The quantitative estimate of drug-likeness (QED) is 0.385. The summed E-state index contributed by atoms with van der Waals surface area (Å²) in [6.07, 6.45) is 5.26. The van der Waals surface area contributed by atoms with Gasteiger partial charge < -0.3 is 15.4 Å². The maximum atomic E-state index is 8.62. The van der Waals surface area contributed by atoms with Crippen molar-refractivity contribution in [2.45, 2.75) is 52.1 Å². The van der Waals surface area contributed by atoms with Crippen molar-refractivity contribution in [2.75, 3.05) is 14.2 Å². The number of nitrogens with zero attached hydrogens (tertiary/aromatic N) is 2. The van der Waals surface area contributed by atoms with E-state index in [0.717, 1.165) is 35.7 Å². The van der Waals surface area contributed by atoms with Crippen LogP contribution in [-0.4, -0.2) is 45.8 Å². The van der Waals surface area contributed by atoms with Gasteiger partial charge in [-0.2, -0.15) is 0 Å². The van der Waals surface area contributed by atoms with Crippen molar-refractivity contribution in [3.05, 3.63) is 48.3 Å². The largest absolute Gasteiger partial charge is 0.496 e. The molecule has 0 fully saturated rings. The average molecular weight is 442 g/mol. The van der Waals surface area contributed by atoms with Gasteiger partial charge >= 0.3 is 0 Å². The Morgan fingerprint density at radius 3 is 2.48 bits per heavy atom. The van der Waals surface area contributed by atoms with Gasteiger partial charge in [0.1, 0.15) is 10.8 Å². The van der Waals surface area contributed by atoms with Crippen LogP contribution < -0.4 is 10.5 Å². The molecule has 7 heteroatoms. The Kier molecular flexibility index (Phi) is 8.65. The number of aromatic nitrogens is 1. The molecule has 2 aromatic rings. The van der Waals surface area contributed by atoms with E-state index >= 15 is 0 Å². The molecule has 0 amide bonds. The number of nitrogens with one attached hydrogen (secondary N) is 2. The number of rotatable bonds is 8. The predicted octanol–water partition coefficient (Wildman–Crippen LogP) is 5.22. The standard InChI is InChI=1S/C24H35N5OS/c1-16(2)12-19(14-24(3,4)27)29(5)23(26)31-22(25)20-10-9-17(13-21(20)30-6)18-8-7-11-28-15-18/h7-11,13,15-16,19,25-26H,12,14,27H2,1-6H3. The molecule has 168 valence electrons. The average Bonchev–Trinajstić information content (AvgIpc) is 2.71. The normalized spacial score (nSPS) is 12.5. The van der Waals surface area contributed by atoms with E-state index in [-0.39, 0.29) is 16.6 Å². The smallest absolute Gasteiger partial charge is 0.162 e. The Labute approximate surface area is 190 Å². The summed E-state index contributed by atoms with van der Waals surface area (Å²) in [4.78, 5) is 6.11. The molecule has 6 nitrogen and oxygen atoms in total. The van der Waals surface area contributed by atoms with Crippen molar-refractivity contribution in [2.24, 2.45) is 11.7 Å². The zero-order valence-corrected chi connectivity index (χ0v) is 20.2. The molecule has 0 aliphatic rings. The zero-order chi connectivity index (χ0) is 23.2. The highest BCUT2D eigenvalue weighted by Crippen LogP contribution is 2.30. The summed E-state index contributed by atoms with van der Waals surface area (Å²) < 4.78 is 5.56. The molecule has 0 saturated heterocycles. The highest BCUT2D eigenvalue weighted by Gasteiger charge is 2.26. The molecule has 1 unspecified atom stereocenters. The van der Waals surface area contributed by atoms with Crippen LogP contribution in [0.4, 0.5) is 0 Å². The van der Waals surface area contributed by atoms with Gasteiger partial charge in [-0.05, 0) is 68.1 Å². The van der Waals surface area contributed by atoms with E-state index in [2.05, 4.69) is 18.8 Å².